The lowest BCUT2D eigenvalue weighted by atomic mass is 10.1. The van der Waals surface area contributed by atoms with Crippen LogP contribution in [-0.4, -0.2) is 45.8 Å². The van der Waals surface area contributed by atoms with Crippen molar-refractivity contribution in [1.29, 1.82) is 0 Å². The van der Waals surface area contributed by atoms with E-state index >= 15 is 0 Å². The summed E-state index contributed by atoms with van der Waals surface area (Å²) in [7, 11) is 1.98. The molecular formula is C21H31N3O2S. The van der Waals surface area contributed by atoms with Crippen LogP contribution in [0.4, 0.5) is 0 Å². The molecule has 27 heavy (non-hydrogen) atoms. The van der Waals surface area contributed by atoms with Crippen LogP contribution in [0.3, 0.4) is 0 Å². The quantitative estimate of drug-likeness (QED) is 0.653. The van der Waals surface area contributed by atoms with Crippen molar-refractivity contribution in [1.82, 2.24) is 14.4 Å². The topological polar surface area (TPSA) is 45.6 Å². The SMILES string of the molecule is CC(C)CN(Cc1cccn1C)C(=O)CN(CC(C)C)C(=O)c1cccs1. The van der Waals surface area contributed by atoms with Gasteiger partial charge >= 0.3 is 0 Å². The van der Waals surface area contributed by atoms with Crippen molar-refractivity contribution in [2.75, 3.05) is 19.6 Å². The maximum absolute atomic E-state index is 13.1. The Morgan fingerprint density at radius 3 is 2.22 bits per heavy atom. The zero-order chi connectivity index (χ0) is 20.0. The Kier molecular flexibility index (Phi) is 7.66. The zero-order valence-electron chi connectivity index (χ0n) is 17.0. The van der Waals surface area contributed by atoms with Crippen LogP contribution < -0.4 is 0 Å². The number of hydrogen-bond acceptors (Lipinski definition) is 3. The highest BCUT2D eigenvalue weighted by Crippen LogP contribution is 2.15. The van der Waals surface area contributed by atoms with E-state index in [1.807, 2.05) is 52.4 Å². The van der Waals surface area contributed by atoms with Crippen molar-refractivity contribution in [3.63, 3.8) is 0 Å². The molecule has 0 spiro atoms. The van der Waals surface area contributed by atoms with Gasteiger partial charge in [0.25, 0.3) is 5.91 Å². The fourth-order valence-corrected chi connectivity index (χ4v) is 3.72. The van der Waals surface area contributed by atoms with Crippen LogP contribution in [0, 0.1) is 11.8 Å². The molecule has 0 fully saturated rings. The van der Waals surface area contributed by atoms with Gasteiger partial charge in [0, 0.05) is 32.0 Å². The number of carbonyl (C=O) groups is 2. The third-order valence-corrected chi connectivity index (χ3v) is 5.13. The molecule has 0 saturated heterocycles. The molecule has 148 valence electrons. The van der Waals surface area contributed by atoms with Crippen LogP contribution in [0.2, 0.25) is 0 Å². The Balaban J connectivity index is 2.15. The molecule has 0 aromatic carbocycles. The lowest BCUT2D eigenvalue weighted by molar-refractivity contribution is -0.133. The minimum atomic E-state index is -0.0598. The number of hydrogen-bond donors (Lipinski definition) is 0. The number of aromatic nitrogens is 1. The number of nitrogens with zero attached hydrogens (tertiary/aromatic N) is 3. The first kappa shape index (κ1) is 21.2. The van der Waals surface area contributed by atoms with E-state index in [4.69, 9.17) is 0 Å². The molecule has 0 unspecified atom stereocenters. The first-order valence-electron chi connectivity index (χ1n) is 9.48. The van der Waals surface area contributed by atoms with Crippen molar-refractivity contribution in [3.8, 4) is 0 Å². The molecule has 5 nitrogen and oxygen atoms in total. The first-order valence-corrected chi connectivity index (χ1v) is 10.4. The van der Waals surface area contributed by atoms with E-state index in [-0.39, 0.29) is 18.4 Å². The summed E-state index contributed by atoms with van der Waals surface area (Å²) >= 11 is 1.42. The summed E-state index contributed by atoms with van der Waals surface area (Å²) in [5, 5.41) is 1.89. The molecule has 2 rings (SSSR count). The second-order valence-electron chi connectivity index (χ2n) is 7.84. The van der Waals surface area contributed by atoms with Gasteiger partial charge < -0.3 is 14.4 Å². The van der Waals surface area contributed by atoms with Gasteiger partial charge in [0.2, 0.25) is 5.91 Å². The smallest absolute Gasteiger partial charge is 0.264 e. The second-order valence-corrected chi connectivity index (χ2v) is 8.78. The van der Waals surface area contributed by atoms with Crippen LogP contribution in [0.25, 0.3) is 0 Å². The summed E-state index contributed by atoms with van der Waals surface area (Å²) in [5.41, 5.74) is 1.09. The molecule has 2 amide bonds. The lowest BCUT2D eigenvalue weighted by Gasteiger charge is -2.29. The first-order chi connectivity index (χ1) is 12.8. The Labute approximate surface area is 166 Å². The van der Waals surface area contributed by atoms with E-state index < -0.39 is 0 Å². The normalized spacial score (nSPS) is 11.2. The van der Waals surface area contributed by atoms with E-state index in [0.717, 1.165) is 5.69 Å². The number of aryl methyl sites for hydroxylation is 1. The molecule has 2 aromatic rings. The standard InChI is InChI=1S/C21H31N3O2S/c1-16(2)12-23(14-18-8-6-10-22(18)5)20(25)15-24(13-17(3)4)21(26)19-9-7-11-27-19/h6-11,16-17H,12-15H2,1-5H3. The summed E-state index contributed by atoms with van der Waals surface area (Å²) < 4.78 is 2.03. The predicted molar refractivity (Wildman–Crippen MR) is 111 cm³/mol. The minimum Gasteiger partial charge on any atom is -0.353 e. The lowest BCUT2D eigenvalue weighted by Crippen LogP contribution is -2.45. The highest BCUT2D eigenvalue weighted by molar-refractivity contribution is 7.12. The van der Waals surface area contributed by atoms with Crippen LogP contribution in [-0.2, 0) is 18.4 Å². The summed E-state index contributed by atoms with van der Waals surface area (Å²) in [4.78, 5) is 30.2. The van der Waals surface area contributed by atoms with Gasteiger partial charge in [0.15, 0.2) is 0 Å². The molecule has 0 aliphatic heterocycles. The van der Waals surface area contributed by atoms with Crippen molar-refractivity contribution < 1.29 is 9.59 Å². The predicted octanol–water partition coefficient (Wildman–Crippen LogP) is 3.87. The third-order valence-electron chi connectivity index (χ3n) is 4.27. The summed E-state index contributed by atoms with van der Waals surface area (Å²) in [6.45, 7) is 10.3. The Bertz CT molecular complexity index is 734. The molecule has 6 heteroatoms. The number of rotatable bonds is 9. The van der Waals surface area contributed by atoms with E-state index in [1.54, 1.807) is 4.90 Å². The number of carbonyl (C=O) groups excluding carboxylic acids is 2. The molecule has 0 bridgehead atoms. The molecule has 0 aliphatic rings. The molecule has 2 aromatic heterocycles. The number of amides is 2. The second kappa shape index (κ2) is 9.74. The Morgan fingerprint density at radius 1 is 1.04 bits per heavy atom. The van der Waals surface area contributed by atoms with Crippen LogP contribution in [0.5, 0.6) is 0 Å². The van der Waals surface area contributed by atoms with Gasteiger partial charge in [-0.15, -0.1) is 11.3 Å². The van der Waals surface area contributed by atoms with Gasteiger partial charge in [-0.25, -0.2) is 0 Å². The van der Waals surface area contributed by atoms with Crippen molar-refractivity contribution in [2.24, 2.45) is 18.9 Å². The molecule has 0 radical (unpaired) electrons. The molecule has 0 N–H and O–H groups in total. The van der Waals surface area contributed by atoms with Gasteiger partial charge in [-0.3, -0.25) is 9.59 Å². The van der Waals surface area contributed by atoms with Crippen LogP contribution in [0.1, 0.15) is 43.1 Å². The summed E-state index contributed by atoms with van der Waals surface area (Å²) in [5.74, 6) is 0.597. The Morgan fingerprint density at radius 2 is 1.70 bits per heavy atom. The fraction of sp³-hybridized carbons (Fsp3) is 0.524. The maximum Gasteiger partial charge on any atom is 0.264 e. The van der Waals surface area contributed by atoms with E-state index in [1.165, 1.54) is 11.3 Å². The average Bonchev–Trinajstić information content (AvgIpc) is 3.24. The van der Waals surface area contributed by atoms with E-state index in [0.29, 0.717) is 36.3 Å². The van der Waals surface area contributed by atoms with Crippen molar-refractivity contribution >= 4 is 23.2 Å². The van der Waals surface area contributed by atoms with Gasteiger partial charge in [0.1, 0.15) is 6.54 Å². The maximum atomic E-state index is 13.1. The van der Waals surface area contributed by atoms with Crippen molar-refractivity contribution in [2.45, 2.75) is 34.2 Å². The Hall–Kier alpha value is -2.08. The largest absolute Gasteiger partial charge is 0.353 e. The summed E-state index contributed by atoms with van der Waals surface area (Å²) in [6, 6.07) is 7.70. The minimum absolute atomic E-state index is 0.00421. The van der Waals surface area contributed by atoms with Gasteiger partial charge in [-0.1, -0.05) is 33.8 Å². The highest BCUT2D eigenvalue weighted by Gasteiger charge is 2.24. The summed E-state index contributed by atoms with van der Waals surface area (Å²) in [6.07, 6.45) is 1.98. The molecule has 0 atom stereocenters. The molecular weight excluding hydrogens is 358 g/mol. The number of thiophene rings is 1. The fourth-order valence-electron chi connectivity index (χ4n) is 3.03. The molecule has 0 saturated carbocycles. The van der Waals surface area contributed by atoms with Gasteiger partial charge in [-0.05, 0) is 35.4 Å². The highest BCUT2D eigenvalue weighted by atomic mass is 32.1. The monoisotopic (exact) mass is 389 g/mol. The van der Waals surface area contributed by atoms with Crippen LogP contribution in [0.15, 0.2) is 35.8 Å². The third kappa shape index (κ3) is 6.24. The molecule has 0 aliphatic carbocycles. The molecule has 2 heterocycles. The van der Waals surface area contributed by atoms with Crippen molar-refractivity contribution in [3.05, 3.63) is 46.4 Å². The van der Waals surface area contributed by atoms with Crippen LogP contribution >= 0.6 is 11.3 Å². The zero-order valence-corrected chi connectivity index (χ0v) is 17.8. The van der Waals surface area contributed by atoms with E-state index in [9.17, 15) is 9.59 Å². The van der Waals surface area contributed by atoms with Gasteiger partial charge in [0.05, 0.1) is 11.4 Å². The van der Waals surface area contributed by atoms with Gasteiger partial charge in [-0.2, -0.15) is 0 Å². The average molecular weight is 390 g/mol. The van der Waals surface area contributed by atoms with E-state index in [2.05, 4.69) is 27.7 Å².